The second kappa shape index (κ2) is 6.27. The fourth-order valence-corrected chi connectivity index (χ4v) is 2.49. The summed E-state index contributed by atoms with van der Waals surface area (Å²) >= 11 is 2.14. The maximum absolute atomic E-state index is 13.7. The van der Waals surface area contributed by atoms with E-state index in [2.05, 4.69) is 33.0 Å². The van der Waals surface area contributed by atoms with Crippen molar-refractivity contribution in [1.82, 2.24) is 9.78 Å². The highest BCUT2D eigenvalue weighted by atomic mass is 127. The Bertz CT molecular complexity index is 832. The van der Waals surface area contributed by atoms with Gasteiger partial charge in [-0.1, -0.05) is 24.3 Å². The number of hydrogen-bond acceptors (Lipinski definition) is 2. The van der Waals surface area contributed by atoms with Crippen LogP contribution in [0.25, 0.3) is 5.69 Å². The van der Waals surface area contributed by atoms with E-state index in [1.165, 1.54) is 10.7 Å². The van der Waals surface area contributed by atoms with Gasteiger partial charge in [-0.3, -0.25) is 4.79 Å². The smallest absolute Gasteiger partial charge is 0.276 e. The van der Waals surface area contributed by atoms with Crippen LogP contribution in [0.15, 0.2) is 60.8 Å². The first-order chi connectivity index (χ1) is 10.6. The monoisotopic (exact) mass is 407 g/mol. The first-order valence-electron chi connectivity index (χ1n) is 6.51. The van der Waals surface area contributed by atoms with Gasteiger partial charge in [0.05, 0.1) is 5.69 Å². The molecular weight excluding hydrogens is 396 g/mol. The van der Waals surface area contributed by atoms with E-state index in [0.717, 1.165) is 3.57 Å². The molecule has 0 atom stereocenters. The van der Waals surface area contributed by atoms with E-state index in [1.54, 1.807) is 30.5 Å². The molecule has 0 fully saturated rings. The van der Waals surface area contributed by atoms with Crippen LogP contribution in [-0.4, -0.2) is 15.7 Å². The minimum atomic E-state index is -0.393. The third-order valence-electron chi connectivity index (χ3n) is 3.04. The summed E-state index contributed by atoms with van der Waals surface area (Å²) in [7, 11) is 0. The number of rotatable bonds is 3. The second-order valence-electron chi connectivity index (χ2n) is 4.53. The van der Waals surface area contributed by atoms with E-state index >= 15 is 0 Å². The number of carbonyl (C=O) groups excluding carboxylic acids is 1. The highest BCUT2D eigenvalue weighted by molar-refractivity contribution is 14.1. The van der Waals surface area contributed by atoms with Gasteiger partial charge in [0.1, 0.15) is 11.5 Å². The summed E-state index contributed by atoms with van der Waals surface area (Å²) in [5.74, 6) is -0.727. The zero-order valence-electron chi connectivity index (χ0n) is 11.3. The van der Waals surface area contributed by atoms with Crippen LogP contribution in [0.5, 0.6) is 0 Å². The Balaban J connectivity index is 1.84. The molecule has 2 aromatic carbocycles. The molecule has 0 saturated heterocycles. The van der Waals surface area contributed by atoms with Gasteiger partial charge in [0.2, 0.25) is 0 Å². The van der Waals surface area contributed by atoms with Crippen LogP contribution in [0.2, 0.25) is 0 Å². The van der Waals surface area contributed by atoms with E-state index in [0.29, 0.717) is 11.4 Å². The Kier molecular flexibility index (Phi) is 4.19. The van der Waals surface area contributed by atoms with Crippen LogP contribution in [0, 0.1) is 9.39 Å². The van der Waals surface area contributed by atoms with Crippen LogP contribution >= 0.6 is 22.6 Å². The van der Waals surface area contributed by atoms with Gasteiger partial charge in [0, 0.05) is 9.77 Å². The maximum atomic E-state index is 13.7. The average Bonchev–Trinajstić information content (AvgIpc) is 3.00. The lowest BCUT2D eigenvalue weighted by Crippen LogP contribution is -2.14. The van der Waals surface area contributed by atoms with Gasteiger partial charge >= 0.3 is 0 Å². The lowest BCUT2D eigenvalue weighted by Gasteiger charge is -2.05. The molecule has 0 radical (unpaired) electrons. The summed E-state index contributed by atoms with van der Waals surface area (Å²) < 4.78 is 16.0. The van der Waals surface area contributed by atoms with Crippen molar-refractivity contribution < 1.29 is 9.18 Å². The number of halogens is 2. The summed E-state index contributed by atoms with van der Waals surface area (Å²) in [6.07, 6.45) is 1.56. The molecule has 4 nitrogen and oxygen atoms in total. The van der Waals surface area contributed by atoms with Gasteiger partial charge < -0.3 is 5.32 Å². The minimum Gasteiger partial charge on any atom is -0.320 e. The third-order valence-corrected chi connectivity index (χ3v) is 3.98. The largest absolute Gasteiger partial charge is 0.320 e. The van der Waals surface area contributed by atoms with Crippen LogP contribution < -0.4 is 5.32 Å². The van der Waals surface area contributed by atoms with Gasteiger partial charge in [-0.2, -0.15) is 5.10 Å². The number of hydrogen-bond donors (Lipinski definition) is 1. The van der Waals surface area contributed by atoms with Crippen molar-refractivity contribution in [3.63, 3.8) is 0 Å². The van der Waals surface area contributed by atoms with Crippen LogP contribution in [-0.2, 0) is 0 Å². The fourth-order valence-electron chi connectivity index (χ4n) is 1.97. The highest BCUT2D eigenvalue weighted by Gasteiger charge is 2.13. The fraction of sp³-hybridized carbons (Fsp3) is 0. The van der Waals surface area contributed by atoms with Crippen molar-refractivity contribution in [2.45, 2.75) is 0 Å². The predicted molar refractivity (Wildman–Crippen MR) is 90.6 cm³/mol. The van der Waals surface area contributed by atoms with Crippen LogP contribution in [0.3, 0.4) is 0 Å². The lowest BCUT2D eigenvalue weighted by atomic mass is 10.3. The van der Waals surface area contributed by atoms with E-state index in [-0.39, 0.29) is 11.6 Å². The normalized spacial score (nSPS) is 10.5. The Morgan fingerprint density at radius 2 is 1.82 bits per heavy atom. The predicted octanol–water partition coefficient (Wildman–Crippen LogP) is 3.87. The quantitative estimate of drug-likeness (QED) is 0.671. The molecule has 1 heterocycles. The van der Waals surface area contributed by atoms with Gasteiger partial charge in [-0.15, -0.1) is 0 Å². The molecule has 3 rings (SSSR count). The molecule has 1 aromatic heterocycles. The number of nitrogens with zero attached hydrogens (tertiary/aromatic N) is 2. The van der Waals surface area contributed by atoms with Crippen molar-refractivity contribution in [3.05, 3.63) is 75.9 Å². The molecular formula is C16H11FIN3O. The maximum Gasteiger partial charge on any atom is 0.276 e. The number of benzene rings is 2. The molecule has 0 aliphatic carbocycles. The number of aromatic nitrogens is 2. The SMILES string of the molecule is O=C(Nc1ccccc1I)c1ccn(-c2ccccc2F)n1. The van der Waals surface area contributed by atoms with Crippen molar-refractivity contribution in [1.29, 1.82) is 0 Å². The van der Waals surface area contributed by atoms with Crippen molar-refractivity contribution in [3.8, 4) is 5.69 Å². The van der Waals surface area contributed by atoms with Crippen LogP contribution in [0.1, 0.15) is 10.5 Å². The zero-order chi connectivity index (χ0) is 15.5. The number of para-hydroxylation sites is 2. The number of carbonyl (C=O) groups is 1. The highest BCUT2D eigenvalue weighted by Crippen LogP contribution is 2.18. The number of nitrogens with one attached hydrogen (secondary N) is 1. The summed E-state index contributed by atoms with van der Waals surface area (Å²) in [6.45, 7) is 0. The van der Waals surface area contributed by atoms with E-state index in [4.69, 9.17) is 0 Å². The van der Waals surface area contributed by atoms with Gasteiger partial charge in [-0.05, 0) is 52.9 Å². The molecule has 1 N–H and O–H groups in total. The van der Waals surface area contributed by atoms with E-state index in [1.807, 2.05) is 24.3 Å². The third kappa shape index (κ3) is 3.01. The Morgan fingerprint density at radius 3 is 2.59 bits per heavy atom. The summed E-state index contributed by atoms with van der Waals surface area (Å²) in [5.41, 5.74) is 1.24. The Labute approximate surface area is 140 Å². The second-order valence-corrected chi connectivity index (χ2v) is 5.69. The molecule has 0 aliphatic heterocycles. The summed E-state index contributed by atoms with van der Waals surface area (Å²) in [4.78, 5) is 12.2. The topological polar surface area (TPSA) is 46.9 Å². The molecule has 22 heavy (non-hydrogen) atoms. The summed E-state index contributed by atoms with van der Waals surface area (Å²) in [6, 6.07) is 15.3. The molecule has 0 bridgehead atoms. The van der Waals surface area contributed by atoms with Crippen molar-refractivity contribution in [2.75, 3.05) is 5.32 Å². The molecule has 0 saturated carbocycles. The summed E-state index contributed by atoms with van der Waals surface area (Å²) in [5, 5.41) is 6.92. The molecule has 0 unspecified atom stereocenters. The molecule has 6 heteroatoms. The first-order valence-corrected chi connectivity index (χ1v) is 7.59. The lowest BCUT2D eigenvalue weighted by molar-refractivity contribution is 0.102. The molecule has 3 aromatic rings. The number of anilines is 1. The molecule has 1 amide bonds. The number of amides is 1. The van der Waals surface area contributed by atoms with E-state index < -0.39 is 5.82 Å². The van der Waals surface area contributed by atoms with Gasteiger partial charge in [-0.25, -0.2) is 9.07 Å². The molecule has 0 aliphatic rings. The Hall–Kier alpha value is -2.22. The van der Waals surface area contributed by atoms with E-state index in [9.17, 15) is 9.18 Å². The van der Waals surface area contributed by atoms with Crippen molar-refractivity contribution in [2.24, 2.45) is 0 Å². The van der Waals surface area contributed by atoms with Crippen molar-refractivity contribution >= 4 is 34.2 Å². The minimum absolute atomic E-state index is 0.225. The molecule has 110 valence electrons. The zero-order valence-corrected chi connectivity index (χ0v) is 13.5. The van der Waals surface area contributed by atoms with Gasteiger partial charge in [0.25, 0.3) is 5.91 Å². The first kappa shape index (κ1) is 14.7. The van der Waals surface area contributed by atoms with Gasteiger partial charge in [0.15, 0.2) is 5.69 Å². The molecule has 0 spiro atoms. The standard InChI is InChI=1S/C16H11FIN3O/c17-11-5-1-4-8-15(11)21-10-9-14(20-21)16(22)19-13-7-3-2-6-12(13)18/h1-10H,(H,19,22). The van der Waals surface area contributed by atoms with Crippen LogP contribution in [0.4, 0.5) is 10.1 Å². The Morgan fingerprint density at radius 1 is 1.09 bits per heavy atom. The average molecular weight is 407 g/mol.